The highest BCUT2D eigenvalue weighted by Gasteiger charge is 2.22. The number of hydrogen-bond acceptors (Lipinski definition) is 4. The van der Waals surface area contributed by atoms with Gasteiger partial charge in [-0.05, 0) is 51.7 Å². The molecule has 2 unspecified atom stereocenters. The standard InChI is InChI=1S/C24H38N4O3/c1-4-25-24(26-12-10-23(29)28-13-6-5-7-19(28)3)27-16-20-9-8-18(2)15-22(20)31-21-11-14-30-17-21/h8-9,15,19,21H,4-7,10-14,16-17H2,1-3H3,(H2,25,26,27). The molecule has 2 N–H and O–H groups in total. The van der Waals surface area contributed by atoms with Crippen molar-refractivity contribution in [1.29, 1.82) is 0 Å². The molecule has 0 spiro atoms. The molecule has 1 amide bonds. The second kappa shape index (κ2) is 11.9. The van der Waals surface area contributed by atoms with Crippen molar-refractivity contribution in [2.75, 3.05) is 32.8 Å². The number of hydrogen-bond donors (Lipinski definition) is 2. The molecule has 31 heavy (non-hydrogen) atoms. The first-order chi connectivity index (χ1) is 15.1. The van der Waals surface area contributed by atoms with E-state index in [1.54, 1.807) is 0 Å². The van der Waals surface area contributed by atoms with Crippen LogP contribution in [0.3, 0.4) is 0 Å². The van der Waals surface area contributed by atoms with Crippen LogP contribution in [0.25, 0.3) is 0 Å². The molecular weight excluding hydrogens is 392 g/mol. The fourth-order valence-electron chi connectivity index (χ4n) is 4.09. The van der Waals surface area contributed by atoms with Crippen LogP contribution in [0.2, 0.25) is 0 Å². The van der Waals surface area contributed by atoms with Crippen LogP contribution in [0, 0.1) is 6.92 Å². The maximum atomic E-state index is 12.6. The number of carbonyl (C=O) groups excluding carboxylic acids is 1. The number of amides is 1. The van der Waals surface area contributed by atoms with Crippen molar-refractivity contribution in [3.63, 3.8) is 0 Å². The number of guanidine groups is 1. The Bertz CT molecular complexity index is 746. The molecular formula is C24H38N4O3. The van der Waals surface area contributed by atoms with Gasteiger partial charge in [0.1, 0.15) is 11.9 Å². The third-order valence-corrected chi connectivity index (χ3v) is 5.91. The summed E-state index contributed by atoms with van der Waals surface area (Å²) in [6.07, 6.45) is 4.95. The SMILES string of the molecule is CCNC(=NCc1ccc(C)cc1OC1CCOC1)NCCC(=O)N1CCCCC1C. The zero-order chi connectivity index (χ0) is 22.1. The number of carbonyl (C=O) groups is 1. The Morgan fingerprint density at radius 3 is 2.90 bits per heavy atom. The summed E-state index contributed by atoms with van der Waals surface area (Å²) in [5.41, 5.74) is 2.21. The van der Waals surface area contributed by atoms with Gasteiger partial charge in [0.05, 0.1) is 19.8 Å². The number of aliphatic imine (C=N–C) groups is 1. The van der Waals surface area contributed by atoms with Gasteiger partial charge in [-0.1, -0.05) is 12.1 Å². The van der Waals surface area contributed by atoms with Gasteiger partial charge in [-0.3, -0.25) is 4.79 Å². The van der Waals surface area contributed by atoms with E-state index in [1.165, 1.54) is 6.42 Å². The third-order valence-electron chi connectivity index (χ3n) is 5.91. The molecule has 172 valence electrons. The van der Waals surface area contributed by atoms with Crippen molar-refractivity contribution < 1.29 is 14.3 Å². The molecule has 2 atom stereocenters. The Balaban J connectivity index is 1.56. The lowest BCUT2D eigenvalue weighted by atomic mass is 10.0. The van der Waals surface area contributed by atoms with Gasteiger partial charge in [-0.25, -0.2) is 4.99 Å². The molecule has 2 aliphatic heterocycles. The Morgan fingerprint density at radius 1 is 1.29 bits per heavy atom. The van der Waals surface area contributed by atoms with Crippen molar-refractivity contribution in [2.24, 2.45) is 4.99 Å². The maximum Gasteiger partial charge on any atom is 0.224 e. The van der Waals surface area contributed by atoms with Gasteiger partial charge in [0.25, 0.3) is 0 Å². The zero-order valence-electron chi connectivity index (χ0n) is 19.3. The summed E-state index contributed by atoms with van der Waals surface area (Å²) in [5, 5.41) is 6.58. The topological polar surface area (TPSA) is 75.2 Å². The number of likely N-dealkylation sites (tertiary alicyclic amines) is 1. The molecule has 3 rings (SSSR count). The monoisotopic (exact) mass is 430 g/mol. The molecule has 7 nitrogen and oxygen atoms in total. The summed E-state index contributed by atoms with van der Waals surface area (Å²) in [6.45, 7) is 10.4. The van der Waals surface area contributed by atoms with Crippen LogP contribution in [0.1, 0.15) is 57.1 Å². The Morgan fingerprint density at radius 2 is 2.16 bits per heavy atom. The lowest BCUT2D eigenvalue weighted by Crippen LogP contribution is -2.44. The van der Waals surface area contributed by atoms with Crippen molar-refractivity contribution in [3.05, 3.63) is 29.3 Å². The van der Waals surface area contributed by atoms with E-state index >= 15 is 0 Å². The van der Waals surface area contributed by atoms with Crippen molar-refractivity contribution in [1.82, 2.24) is 15.5 Å². The summed E-state index contributed by atoms with van der Waals surface area (Å²) in [7, 11) is 0. The first-order valence-corrected chi connectivity index (χ1v) is 11.7. The molecule has 2 heterocycles. The van der Waals surface area contributed by atoms with Crippen LogP contribution in [-0.2, 0) is 16.1 Å². The lowest BCUT2D eigenvalue weighted by Gasteiger charge is -2.33. The molecule has 2 aliphatic rings. The van der Waals surface area contributed by atoms with Crippen molar-refractivity contribution >= 4 is 11.9 Å². The molecule has 0 radical (unpaired) electrons. The second-order valence-electron chi connectivity index (χ2n) is 8.52. The van der Waals surface area contributed by atoms with Gasteiger partial charge in [0.2, 0.25) is 5.91 Å². The minimum atomic E-state index is 0.110. The van der Waals surface area contributed by atoms with Crippen LogP contribution >= 0.6 is 0 Å². The number of rotatable bonds is 8. The molecule has 2 saturated heterocycles. The van der Waals surface area contributed by atoms with E-state index < -0.39 is 0 Å². The van der Waals surface area contributed by atoms with Crippen LogP contribution in [0.5, 0.6) is 5.75 Å². The number of aryl methyl sites for hydroxylation is 1. The molecule has 7 heteroatoms. The fraction of sp³-hybridized carbons (Fsp3) is 0.667. The fourth-order valence-corrected chi connectivity index (χ4v) is 4.09. The molecule has 0 aliphatic carbocycles. The first kappa shape index (κ1) is 23.4. The number of ether oxygens (including phenoxy) is 2. The molecule has 0 saturated carbocycles. The normalized spacial score (nSPS) is 21.8. The Kier molecular flexibility index (Phi) is 9.00. The molecule has 0 aromatic heterocycles. The average molecular weight is 431 g/mol. The van der Waals surface area contributed by atoms with Gasteiger partial charge in [0, 0.05) is 44.1 Å². The van der Waals surface area contributed by atoms with Crippen LogP contribution in [0.4, 0.5) is 0 Å². The maximum absolute atomic E-state index is 12.6. The van der Waals surface area contributed by atoms with E-state index in [2.05, 4.69) is 42.7 Å². The predicted octanol–water partition coefficient (Wildman–Crippen LogP) is 3.01. The van der Waals surface area contributed by atoms with E-state index in [-0.39, 0.29) is 12.0 Å². The molecule has 0 bridgehead atoms. The zero-order valence-corrected chi connectivity index (χ0v) is 19.3. The third kappa shape index (κ3) is 7.13. The summed E-state index contributed by atoms with van der Waals surface area (Å²) >= 11 is 0. The minimum Gasteiger partial charge on any atom is -0.488 e. The predicted molar refractivity (Wildman–Crippen MR) is 123 cm³/mol. The number of nitrogens with one attached hydrogen (secondary N) is 2. The smallest absolute Gasteiger partial charge is 0.224 e. The summed E-state index contributed by atoms with van der Waals surface area (Å²) < 4.78 is 11.6. The van der Waals surface area contributed by atoms with E-state index in [0.717, 1.165) is 61.8 Å². The van der Waals surface area contributed by atoms with Gasteiger partial charge >= 0.3 is 0 Å². The van der Waals surface area contributed by atoms with Gasteiger partial charge < -0.3 is 25.0 Å². The highest BCUT2D eigenvalue weighted by molar-refractivity contribution is 5.81. The number of nitrogens with zero attached hydrogens (tertiary/aromatic N) is 2. The minimum absolute atomic E-state index is 0.110. The van der Waals surface area contributed by atoms with E-state index in [9.17, 15) is 4.79 Å². The van der Waals surface area contributed by atoms with Crippen molar-refractivity contribution in [2.45, 2.75) is 71.6 Å². The van der Waals surface area contributed by atoms with Gasteiger partial charge in [0.15, 0.2) is 5.96 Å². The van der Waals surface area contributed by atoms with E-state index in [1.807, 2.05) is 11.8 Å². The van der Waals surface area contributed by atoms with Gasteiger partial charge in [-0.2, -0.15) is 0 Å². The first-order valence-electron chi connectivity index (χ1n) is 11.7. The number of benzene rings is 1. The van der Waals surface area contributed by atoms with Crippen LogP contribution in [0.15, 0.2) is 23.2 Å². The second-order valence-corrected chi connectivity index (χ2v) is 8.52. The largest absolute Gasteiger partial charge is 0.488 e. The summed E-state index contributed by atoms with van der Waals surface area (Å²) in [5.74, 6) is 1.82. The Labute approximate surface area is 186 Å². The van der Waals surface area contributed by atoms with Crippen LogP contribution < -0.4 is 15.4 Å². The van der Waals surface area contributed by atoms with E-state index in [0.29, 0.717) is 32.2 Å². The van der Waals surface area contributed by atoms with Crippen molar-refractivity contribution in [3.8, 4) is 5.75 Å². The van der Waals surface area contributed by atoms with Crippen LogP contribution in [-0.4, -0.2) is 61.8 Å². The molecule has 1 aromatic rings. The molecule has 2 fully saturated rings. The van der Waals surface area contributed by atoms with E-state index in [4.69, 9.17) is 14.5 Å². The highest BCUT2D eigenvalue weighted by atomic mass is 16.5. The average Bonchev–Trinajstić information content (AvgIpc) is 3.26. The summed E-state index contributed by atoms with van der Waals surface area (Å²) in [6, 6.07) is 6.59. The molecule has 1 aromatic carbocycles. The van der Waals surface area contributed by atoms with Gasteiger partial charge in [-0.15, -0.1) is 0 Å². The highest BCUT2D eigenvalue weighted by Crippen LogP contribution is 2.24. The lowest BCUT2D eigenvalue weighted by molar-refractivity contribution is -0.134. The summed E-state index contributed by atoms with van der Waals surface area (Å²) in [4.78, 5) is 19.3. The Hall–Kier alpha value is -2.28. The number of piperidine rings is 1. The quantitative estimate of drug-likeness (QED) is 0.490.